The van der Waals surface area contributed by atoms with Crippen LogP contribution in [0.1, 0.15) is 0 Å². The molecule has 0 saturated carbocycles. The molecule has 1 aromatic rings. The lowest BCUT2D eigenvalue weighted by Gasteiger charge is -2.05. The first-order chi connectivity index (χ1) is 7.41. The monoisotopic (exact) mass is 228 g/mol. The topological polar surface area (TPSA) is 119 Å². The highest BCUT2D eigenvalue weighted by atomic mass is 16.4. The smallest absolute Gasteiger partial charge is 0.332 e. The van der Waals surface area contributed by atoms with Crippen molar-refractivity contribution in [3.63, 3.8) is 0 Å². The molecule has 0 aliphatic carbocycles. The first-order valence-corrected chi connectivity index (χ1v) is 4.15. The van der Waals surface area contributed by atoms with Gasteiger partial charge in [0.05, 0.1) is 0 Å². The van der Waals surface area contributed by atoms with Crippen LogP contribution >= 0.6 is 0 Å². The van der Waals surface area contributed by atoms with Crippen molar-refractivity contribution in [2.24, 2.45) is 0 Å². The molecular weight excluding hydrogens is 220 g/mol. The van der Waals surface area contributed by atoms with Crippen molar-refractivity contribution in [1.82, 2.24) is 9.13 Å². The number of rotatable bonds is 4. The third kappa shape index (κ3) is 2.56. The molecule has 0 aliphatic heterocycles. The fourth-order valence-electron chi connectivity index (χ4n) is 1.10. The zero-order chi connectivity index (χ0) is 12.3. The van der Waals surface area contributed by atoms with Gasteiger partial charge in [0.2, 0.25) is 0 Å². The Morgan fingerprint density at radius 3 is 2.19 bits per heavy atom. The van der Waals surface area contributed by atoms with Gasteiger partial charge in [-0.3, -0.25) is 19.0 Å². The third-order valence-corrected chi connectivity index (χ3v) is 1.74. The highest BCUT2D eigenvalue weighted by molar-refractivity contribution is 5.67. The Morgan fingerprint density at radius 1 is 1.12 bits per heavy atom. The minimum Gasteiger partial charge on any atom is -0.480 e. The standard InChI is InChI=1S/C8H8N2O6/c11-5-1-2-9(3-6(12)13)8(16)10(5)4-7(14)15/h1-2H,3-4H2,(H,12,13)(H,14,15). The largest absolute Gasteiger partial charge is 0.480 e. The lowest BCUT2D eigenvalue weighted by atomic mass is 10.5. The third-order valence-electron chi connectivity index (χ3n) is 1.74. The van der Waals surface area contributed by atoms with Crippen LogP contribution in [0.25, 0.3) is 0 Å². The van der Waals surface area contributed by atoms with Crippen LogP contribution in [0.4, 0.5) is 0 Å². The first-order valence-electron chi connectivity index (χ1n) is 4.15. The Morgan fingerprint density at radius 2 is 1.69 bits per heavy atom. The molecule has 8 nitrogen and oxygen atoms in total. The average molecular weight is 228 g/mol. The number of aliphatic carboxylic acids is 2. The average Bonchev–Trinajstić information content (AvgIpc) is 2.16. The quantitative estimate of drug-likeness (QED) is 0.626. The molecule has 0 saturated heterocycles. The molecule has 2 N–H and O–H groups in total. The van der Waals surface area contributed by atoms with E-state index in [1.54, 1.807) is 0 Å². The van der Waals surface area contributed by atoms with Gasteiger partial charge < -0.3 is 10.2 Å². The van der Waals surface area contributed by atoms with Crippen LogP contribution in [-0.4, -0.2) is 31.3 Å². The van der Waals surface area contributed by atoms with E-state index in [0.717, 1.165) is 16.8 Å². The van der Waals surface area contributed by atoms with Gasteiger partial charge in [0, 0.05) is 12.3 Å². The van der Waals surface area contributed by atoms with E-state index in [1.807, 2.05) is 0 Å². The van der Waals surface area contributed by atoms with Gasteiger partial charge in [-0.2, -0.15) is 0 Å². The van der Waals surface area contributed by atoms with Crippen LogP contribution in [0.5, 0.6) is 0 Å². The molecule has 1 heterocycles. The van der Waals surface area contributed by atoms with Crippen molar-refractivity contribution < 1.29 is 19.8 Å². The van der Waals surface area contributed by atoms with E-state index >= 15 is 0 Å². The van der Waals surface area contributed by atoms with E-state index < -0.39 is 36.3 Å². The Balaban J connectivity index is 3.27. The summed E-state index contributed by atoms with van der Waals surface area (Å²) in [4.78, 5) is 43.4. The normalized spacial score (nSPS) is 10.0. The van der Waals surface area contributed by atoms with Gasteiger partial charge in [0.1, 0.15) is 13.1 Å². The number of hydrogen-bond donors (Lipinski definition) is 2. The molecule has 0 spiro atoms. The summed E-state index contributed by atoms with van der Waals surface area (Å²) < 4.78 is 1.19. The summed E-state index contributed by atoms with van der Waals surface area (Å²) in [5.74, 6) is -2.62. The molecule has 0 atom stereocenters. The number of nitrogens with zero attached hydrogens (tertiary/aromatic N) is 2. The second kappa shape index (κ2) is 4.43. The summed E-state index contributed by atoms with van der Waals surface area (Å²) >= 11 is 0. The number of carbonyl (C=O) groups is 2. The molecule has 0 fully saturated rings. The van der Waals surface area contributed by atoms with Crippen LogP contribution < -0.4 is 11.2 Å². The number of carboxylic acid groups (broad SMARTS) is 2. The Hall–Kier alpha value is -2.38. The lowest BCUT2D eigenvalue weighted by Crippen LogP contribution is -2.41. The van der Waals surface area contributed by atoms with Crippen LogP contribution in [0.15, 0.2) is 21.9 Å². The molecule has 8 heteroatoms. The summed E-state index contributed by atoms with van der Waals surface area (Å²) in [6, 6.07) is 0.938. The molecule has 0 aliphatic rings. The van der Waals surface area contributed by atoms with Gasteiger partial charge >= 0.3 is 17.6 Å². The van der Waals surface area contributed by atoms with Crippen molar-refractivity contribution >= 4 is 11.9 Å². The van der Waals surface area contributed by atoms with Gasteiger partial charge in [-0.25, -0.2) is 9.36 Å². The van der Waals surface area contributed by atoms with Crippen LogP contribution in [0.3, 0.4) is 0 Å². The molecule has 0 radical (unpaired) electrons. The molecule has 0 bridgehead atoms. The molecule has 86 valence electrons. The van der Waals surface area contributed by atoms with E-state index in [-0.39, 0.29) is 0 Å². The van der Waals surface area contributed by atoms with E-state index in [1.165, 1.54) is 0 Å². The van der Waals surface area contributed by atoms with Crippen molar-refractivity contribution in [2.45, 2.75) is 13.1 Å². The maximum atomic E-state index is 11.5. The summed E-state index contributed by atoms with van der Waals surface area (Å²) in [7, 11) is 0. The summed E-state index contributed by atoms with van der Waals surface area (Å²) in [6.45, 7) is -1.42. The van der Waals surface area contributed by atoms with Crippen molar-refractivity contribution in [1.29, 1.82) is 0 Å². The van der Waals surface area contributed by atoms with E-state index in [2.05, 4.69) is 0 Å². The Kier molecular flexibility index (Phi) is 3.24. The van der Waals surface area contributed by atoms with E-state index in [9.17, 15) is 19.2 Å². The molecule has 0 amide bonds. The molecule has 0 unspecified atom stereocenters. The molecule has 0 aromatic carbocycles. The number of carboxylic acids is 2. The summed E-state index contributed by atoms with van der Waals surface area (Å²) in [5, 5.41) is 16.9. The first kappa shape index (κ1) is 11.7. The minimum atomic E-state index is -1.35. The molecule has 16 heavy (non-hydrogen) atoms. The number of hydrogen-bond acceptors (Lipinski definition) is 4. The van der Waals surface area contributed by atoms with Gasteiger partial charge in [-0.05, 0) is 0 Å². The van der Waals surface area contributed by atoms with Gasteiger partial charge in [-0.15, -0.1) is 0 Å². The number of aromatic nitrogens is 2. The maximum absolute atomic E-state index is 11.5. The van der Waals surface area contributed by atoms with Gasteiger partial charge in [0.15, 0.2) is 0 Å². The predicted octanol–water partition coefficient (Wildman–Crippen LogP) is -1.82. The highest BCUT2D eigenvalue weighted by Gasteiger charge is 2.10. The summed E-state index contributed by atoms with van der Waals surface area (Å²) in [6.07, 6.45) is 1.01. The maximum Gasteiger partial charge on any atom is 0.332 e. The molecule has 1 aromatic heterocycles. The van der Waals surface area contributed by atoms with E-state index in [4.69, 9.17) is 10.2 Å². The fraction of sp³-hybridized carbons (Fsp3) is 0.250. The van der Waals surface area contributed by atoms with Crippen LogP contribution in [-0.2, 0) is 22.7 Å². The van der Waals surface area contributed by atoms with Crippen LogP contribution in [0.2, 0.25) is 0 Å². The minimum absolute atomic E-state index is 0.450. The SMILES string of the molecule is O=C(O)Cn1ccc(=O)n(CC(=O)O)c1=O. The predicted molar refractivity (Wildman–Crippen MR) is 50.2 cm³/mol. The van der Waals surface area contributed by atoms with Crippen molar-refractivity contribution in [3.8, 4) is 0 Å². The Labute approximate surface area is 88.0 Å². The second-order valence-corrected chi connectivity index (χ2v) is 2.94. The van der Waals surface area contributed by atoms with Gasteiger partial charge in [0.25, 0.3) is 5.56 Å². The van der Waals surface area contributed by atoms with Crippen molar-refractivity contribution in [2.75, 3.05) is 0 Å². The zero-order valence-electron chi connectivity index (χ0n) is 7.99. The summed E-state index contributed by atoms with van der Waals surface area (Å²) in [5.41, 5.74) is -1.74. The molecular formula is C8H8N2O6. The highest BCUT2D eigenvalue weighted by Crippen LogP contribution is 1.80. The van der Waals surface area contributed by atoms with Crippen LogP contribution in [0, 0.1) is 0 Å². The van der Waals surface area contributed by atoms with Gasteiger partial charge in [-0.1, -0.05) is 0 Å². The second-order valence-electron chi connectivity index (χ2n) is 2.94. The molecule has 1 rings (SSSR count). The Bertz CT molecular complexity index is 540. The zero-order valence-corrected chi connectivity index (χ0v) is 7.99. The van der Waals surface area contributed by atoms with E-state index in [0.29, 0.717) is 4.57 Å². The lowest BCUT2D eigenvalue weighted by molar-refractivity contribution is -0.138. The van der Waals surface area contributed by atoms with Crippen molar-refractivity contribution in [3.05, 3.63) is 33.1 Å². The fourth-order valence-corrected chi connectivity index (χ4v) is 1.10.